The van der Waals surface area contributed by atoms with Gasteiger partial charge in [-0.15, -0.1) is 0 Å². The van der Waals surface area contributed by atoms with Crippen molar-refractivity contribution in [2.45, 2.75) is 52.5 Å². The van der Waals surface area contributed by atoms with Crippen LogP contribution in [0.2, 0.25) is 0 Å². The molecule has 2 rings (SSSR count). The molecule has 0 spiro atoms. The lowest BCUT2D eigenvalue weighted by Crippen LogP contribution is -2.34. The van der Waals surface area contributed by atoms with Crippen LogP contribution in [0.3, 0.4) is 0 Å². The second-order valence-electron chi connectivity index (χ2n) is 6.54. The van der Waals surface area contributed by atoms with E-state index in [2.05, 4.69) is 19.2 Å². The molecule has 1 atom stereocenters. The summed E-state index contributed by atoms with van der Waals surface area (Å²) in [7, 11) is 0. The molecule has 1 saturated carbocycles. The third-order valence-corrected chi connectivity index (χ3v) is 4.01. The van der Waals surface area contributed by atoms with E-state index < -0.39 is 0 Å². The Morgan fingerprint density at radius 3 is 2.80 bits per heavy atom. The second kappa shape index (κ2) is 6.29. The van der Waals surface area contributed by atoms with Gasteiger partial charge in [0.15, 0.2) is 0 Å². The second-order valence-corrected chi connectivity index (χ2v) is 6.54. The number of aryl methyl sites for hydroxylation is 1. The zero-order valence-corrected chi connectivity index (χ0v) is 12.7. The number of carbonyl (C=O) groups excluding carboxylic acids is 1. The van der Waals surface area contributed by atoms with E-state index in [1.54, 1.807) is 0 Å². The summed E-state index contributed by atoms with van der Waals surface area (Å²) < 4.78 is 5.65. The Balaban J connectivity index is 1.70. The van der Waals surface area contributed by atoms with Gasteiger partial charge in [0.2, 0.25) is 5.91 Å². The number of rotatable bonds is 5. The van der Waals surface area contributed by atoms with Crippen molar-refractivity contribution in [1.29, 1.82) is 0 Å². The van der Waals surface area contributed by atoms with Crippen LogP contribution in [0.1, 0.15) is 45.1 Å². The molecule has 1 aliphatic rings. The number of hydrogen-bond donors (Lipinski definition) is 1. The van der Waals surface area contributed by atoms with E-state index in [0.29, 0.717) is 24.5 Å². The van der Waals surface area contributed by atoms with Gasteiger partial charge in [-0.3, -0.25) is 4.79 Å². The number of carbonyl (C=O) groups is 1. The van der Waals surface area contributed by atoms with Crippen molar-refractivity contribution in [3.8, 4) is 5.75 Å². The maximum absolute atomic E-state index is 11.9. The lowest BCUT2D eigenvalue weighted by molar-refractivity contribution is -0.122. The Morgan fingerprint density at radius 1 is 1.40 bits per heavy atom. The molecule has 1 aromatic rings. The summed E-state index contributed by atoms with van der Waals surface area (Å²) in [5.41, 5.74) is 1.47. The van der Waals surface area contributed by atoms with Crippen LogP contribution in [0.5, 0.6) is 5.75 Å². The van der Waals surface area contributed by atoms with Gasteiger partial charge >= 0.3 is 0 Å². The molecule has 0 aliphatic heterocycles. The Kier molecular flexibility index (Phi) is 4.69. The van der Waals surface area contributed by atoms with Crippen molar-refractivity contribution in [2.75, 3.05) is 6.61 Å². The Bertz CT molecular complexity index is 468. The van der Waals surface area contributed by atoms with E-state index in [1.165, 1.54) is 6.42 Å². The van der Waals surface area contributed by atoms with Crippen LogP contribution < -0.4 is 10.1 Å². The zero-order valence-electron chi connectivity index (χ0n) is 12.7. The van der Waals surface area contributed by atoms with Crippen molar-refractivity contribution < 1.29 is 9.53 Å². The first kappa shape index (κ1) is 14.9. The van der Waals surface area contributed by atoms with Crippen molar-refractivity contribution >= 4 is 5.91 Å². The highest BCUT2D eigenvalue weighted by molar-refractivity contribution is 5.76. The fourth-order valence-electron chi connectivity index (χ4n) is 2.83. The molecule has 20 heavy (non-hydrogen) atoms. The first-order chi connectivity index (χ1) is 9.46. The van der Waals surface area contributed by atoms with Crippen LogP contribution >= 0.6 is 0 Å². The summed E-state index contributed by atoms with van der Waals surface area (Å²) in [4.78, 5) is 11.9. The minimum absolute atomic E-state index is 0.0984. The predicted octanol–water partition coefficient (Wildman–Crippen LogP) is 3.46. The lowest BCUT2D eigenvalue weighted by Gasteiger charge is -2.18. The van der Waals surface area contributed by atoms with Gasteiger partial charge in [-0.2, -0.15) is 0 Å². The molecular formula is C17H25NO2. The first-order valence-corrected chi connectivity index (χ1v) is 7.44. The molecule has 0 saturated heterocycles. The van der Waals surface area contributed by atoms with Gasteiger partial charge in [-0.1, -0.05) is 32.0 Å². The van der Waals surface area contributed by atoms with E-state index >= 15 is 0 Å². The molecule has 3 heteroatoms. The van der Waals surface area contributed by atoms with Crippen LogP contribution in [0, 0.1) is 12.3 Å². The first-order valence-electron chi connectivity index (χ1n) is 7.44. The van der Waals surface area contributed by atoms with Crippen LogP contribution in [-0.2, 0) is 4.79 Å². The van der Waals surface area contributed by atoms with E-state index in [0.717, 1.165) is 24.2 Å². The van der Waals surface area contributed by atoms with Gasteiger partial charge in [0.05, 0.1) is 13.0 Å². The lowest BCUT2D eigenvalue weighted by atomic mass is 9.92. The Morgan fingerprint density at radius 2 is 2.15 bits per heavy atom. The quantitative estimate of drug-likeness (QED) is 0.893. The van der Waals surface area contributed by atoms with Crippen LogP contribution in [0.4, 0.5) is 0 Å². The third-order valence-electron chi connectivity index (χ3n) is 4.01. The number of benzene rings is 1. The normalized spacial score (nSPS) is 20.6. The summed E-state index contributed by atoms with van der Waals surface area (Å²) in [6.45, 7) is 6.98. The molecule has 3 nitrogen and oxygen atoms in total. The standard InChI is InChI=1S/C17H25NO2/c1-13-6-4-5-7-15(13)20-11-9-16(19)18-14-8-10-17(2,3)12-14/h4-7,14H,8-12H2,1-3H3,(H,18,19). The summed E-state index contributed by atoms with van der Waals surface area (Å²) in [5.74, 6) is 0.962. The highest BCUT2D eigenvalue weighted by Crippen LogP contribution is 2.36. The molecule has 1 amide bonds. The van der Waals surface area contributed by atoms with E-state index in [-0.39, 0.29) is 5.91 Å². The molecule has 1 fully saturated rings. The van der Waals surface area contributed by atoms with E-state index in [1.807, 2.05) is 31.2 Å². The number of ether oxygens (including phenoxy) is 1. The van der Waals surface area contributed by atoms with E-state index in [9.17, 15) is 4.79 Å². The number of para-hydroxylation sites is 1. The van der Waals surface area contributed by atoms with Gasteiger partial charge < -0.3 is 10.1 Å². The van der Waals surface area contributed by atoms with Crippen LogP contribution in [-0.4, -0.2) is 18.6 Å². The zero-order chi connectivity index (χ0) is 14.6. The van der Waals surface area contributed by atoms with Crippen molar-refractivity contribution in [1.82, 2.24) is 5.32 Å². The average molecular weight is 275 g/mol. The van der Waals surface area contributed by atoms with Gasteiger partial charge in [0.1, 0.15) is 5.75 Å². The number of amides is 1. The minimum Gasteiger partial charge on any atom is -0.493 e. The Labute approximate surface area is 121 Å². The fourth-order valence-corrected chi connectivity index (χ4v) is 2.83. The Hall–Kier alpha value is -1.51. The number of nitrogens with one attached hydrogen (secondary N) is 1. The van der Waals surface area contributed by atoms with Gasteiger partial charge in [0.25, 0.3) is 0 Å². The summed E-state index contributed by atoms with van der Waals surface area (Å²) in [6.07, 6.45) is 3.79. The number of hydrogen-bond acceptors (Lipinski definition) is 2. The third kappa shape index (κ3) is 4.26. The molecular weight excluding hydrogens is 250 g/mol. The molecule has 0 bridgehead atoms. The summed E-state index contributed by atoms with van der Waals surface area (Å²) in [5, 5.41) is 3.12. The fraction of sp³-hybridized carbons (Fsp3) is 0.588. The molecule has 1 unspecified atom stereocenters. The molecule has 1 aromatic carbocycles. The van der Waals surface area contributed by atoms with Crippen molar-refractivity contribution in [3.63, 3.8) is 0 Å². The van der Waals surface area contributed by atoms with Gasteiger partial charge in [0, 0.05) is 6.04 Å². The average Bonchev–Trinajstić information content (AvgIpc) is 2.71. The van der Waals surface area contributed by atoms with Crippen molar-refractivity contribution in [2.24, 2.45) is 5.41 Å². The van der Waals surface area contributed by atoms with Gasteiger partial charge in [-0.05, 0) is 43.2 Å². The summed E-state index contributed by atoms with van der Waals surface area (Å²) in [6, 6.07) is 8.22. The van der Waals surface area contributed by atoms with Crippen LogP contribution in [0.15, 0.2) is 24.3 Å². The summed E-state index contributed by atoms with van der Waals surface area (Å²) >= 11 is 0. The molecule has 0 radical (unpaired) electrons. The highest BCUT2D eigenvalue weighted by atomic mass is 16.5. The molecule has 0 heterocycles. The predicted molar refractivity (Wildman–Crippen MR) is 80.9 cm³/mol. The van der Waals surface area contributed by atoms with Gasteiger partial charge in [-0.25, -0.2) is 0 Å². The minimum atomic E-state index is 0.0984. The molecule has 0 aromatic heterocycles. The maximum atomic E-state index is 11.9. The maximum Gasteiger partial charge on any atom is 0.223 e. The van der Waals surface area contributed by atoms with Crippen molar-refractivity contribution in [3.05, 3.63) is 29.8 Å². The largest absolute Gasteiger partial charge is 0.493 e. The topological polar surface area (TPSA) is 38.3 Å². The smallest absolute Gasteiger partial charge is 0.223 e. The van der Waals surface area contributed by atoms with E-state index in [4.69, 9.17) is 4.74 Å². The molecule has 1 N–H and O–H groups in total. The molecule has 1 aliphatic carbocycles. The van der Waals surface area contributed by atoms with Crippen LogP contribution in [0.25, 0.3) is 0 Å². The molecule has 110 valence electrons. The SMILES string of the molecule is Cc1ccccc1OCCC(=O)NC1CCC(C)(C)C1. The monoisotopic (exact) mass is 275 g/mol. The highest BCUT2D eigenvalue weighted by Gasteiger charge is 2.31.